The number of aryl methyl sites for hydroxylation is 1. The second kappa shape index (κ2) is 8.92. The van der Waals surface area contributed by atoms with Crippen LogP contribution in [-0.4, -0.2) is 27.9 Å². The zero-order valence-corrected chi connectivity index (χ0v) is 18.3. The standard InChI is InChI=1S/C22H23Cl2FN4O/c1-13-20(30-14(2)21-18(23)3-4-19(25)22(21)24)9-15(10-27-13)16-11-28-29(12-16)17-5-7-26-8-6-17/h3-4,9-12,14,17,26H,5-8H2,1-2H3. The van der Waals surface area contributed by atoms with Crippen LogP contribution in [0.5, 0.6) is 5.75 Å². The lowest BCUT2D eigenvalue weighted by Crippen LogP contribution is -2.29. The van der Waals surface area contributed by atoms with Gasteiger partial charge in [0.25, 0.3) is 0 Å². The molecule has 1 N–H and O–H groups in total. The van der Waals surface area contributed by atoms with Gasteiger partial charge in [-0.3, -0.25) is 9.67 Å². The summed E-state index contributed by atoms with van der Waals surface area (Å²) in [6.07, 6.45) is 7.29. The van der Waals surface area contributed by atoms with E-state index in [4.69, 9.17) is 27.9 Å². The predicted octanol–water partition coefficient (Wildman–Crippen LogP) is 5.76. The Bertz CT molecular complexity index is 1050. The van der Waals surface area contributed by atoms with Crippen LogP contribution in [0.15, 0.2) is 36.8 Å². The minimum atomic E-state index is -0.547. The van der Waals surface area contributed by atoms with Gasteiger partial charge in [0.1, 0.15) is 17.7 Å². The van der Waals surface area contributed by atoms with E-state index in [1.165, 1.54) is 12.1 Å². The summed E-state index contributed by atoms with van der Waals surface area (Å²) in [5.74, 6) is 0.0615. The van der Waals surface area contributed by atoms with E-state index >= 15 is 0 Å². The number of benzene rings is 1. The molecule has 1 aliphatic rings. The number of piperidine rings is 1. The number of hydrogen-bond donors (Lipinski definition) is 1. The average Bonchev–Trinajstić information content (AvgIpc) is 3.24. The summed E-state index contributed by atoms with van der Waals surface area (Å²) < 4.78 is 22.0. The van der Waals surface area contributed by atoms with Crippen molar-refractivity contribution in [3.05, 3.63) is 63.9 Å². The van der Waals surface area contributed by atoms with Gasteiger partial charge in [-0.15, -0.1) is 0 Å². The minimum absolute atomic E-state index is 0.0278. The maximum atomic E-state index is 13.9. The van der Waals surface area contributed by atoms with Crippen molar-refractivity contribution < 1.29 is 9.13 Å². The molecule has 4 rings (SSSR count). The van der Waals surface area contributed by atoms with Gasteiger partial charge in [-0.1, -0.05) is 23.2 Å². The number of nitrogens with zero attached hydrogens (tertiary/aromatic N) is 3. The molecule has 1 fully saturated rings. The van der Waals surface area contributed by atoms with E-state index in [2.05, 4.69) is 21.6 Å². The minimum Gasteiger partial charge on any atom is -0.484 e. The SMILES string of the molecule is Cc1ncc(-c2cnn(C3CCNCC3)c2)cc1OC(C)c1c(Cl)ccc(F)c1Cl. The smallest absolute Gasteiger partial charge is 0.142 e. The van der Waals surface area contributed by atoms with Crippen LogP contribution >= 0.6 is 23.2 Å². The third-order valence-corrected chi connectivity index (χ3v) is 6.16. The molecule has 1 unspecified atom stereocenters. The van der Waals surface area contributed by atoms with Gasteiger partial charge in [-0.05, 0) is 58.0 Å². The topological polar surface area (TPSA) is 52.0 Å². The maximum Gasteiger partial charge on any atom is 0.142 e. The highest BCUT2D eigenvalue weighted by atomic mass is 35.5. The maximum absolute atomic E-state index is 13.9. The molecule has 0 spiro atoms. The Morgan fingerprint density at radius 3 is 2.73 bits per heavy atom. The molecule has 0 amide bonds. The molecule has 1 saturated heterocycles. The van der Waals surface area contributed by atoms with E-state index in [1.807, 2.05) is 23.9 Å². The molecular formula is C22H23Cl2FN4O. The first-order valence-corrected chi connectivity index (χ1v) is 10.7. The largest absolute Gasteiger partial charge is 0.484 e. The summed E-state index contributed by atoms with van der Waals surface area (Å²) in [5, 5.41) is 8.26. The number of aromatic nitrogens is 3. The Morgan fingerprint density at radius 2 is 1.97 bits per heavy atom. The molecule has 1 aliphatic heterocycles. The van der Waals surface area contributed by atoms with E-state index in [9.17, 15) is 4.39 Å². The second-order valence-corrected chi connectivity index (χ2v) is 8.30. The van der Waals surface area contributed by atoms with Crippen molar-refractivity contribution in [2.24, 2.45) is 0 Å². The average molecular weight is 449 g/mol. The Labute approximate surface area is 185 Å². The van der Waals surface area contributed by atoms with Crippen LogP contribution in [0.4, 0.5) is 4.39 Å². The number of pyridine rings is 1. The molecule has 3 heterocycles. The third kappa shape index (κ3) is 4.31. The zero-order valence-electron chi connectivity index (χ0n) is 16.8. The Balaban J connectivity index is 1.58. The van der Waals surface area contributed by atoms with Crippen molar-refractivity contribution in [3.8, 4) is 16.9 Å². The van der Waals surface area contributed by atoms with Crippen LogP contribution < -0.4 is 10.1 Å². The quantitative estimate of drug-likeness (QED) is 0.503. The highest BCUT2D eigenvalue weighted by molar-refractivity contribution is 6.36. The molecule has 30 heavy (non-hydrogen) atoms. The van der Waals surface area contributed by atoms with Crippen LogP contribution in [0.1, 0.15) is 43.2 Å². The first kappa shape index (κ1) is 21.1. The molecule has 3 aromatic rings. The number of nitrogens with one attached hydrogen (secondary N) is 1. The number of halogens is 3. The van der Waals surface area contributed by atoms with E-state index < -0.39 is 11.9 Å². The number of hydrogen-bond acceptors (Lipinski definition) is 4. The highest BCUT2D eigenvalue weighted by Gasteiger charge is 2.20. The molecule has 0 aliphatic carbocycles. The van der Waals surface area contributed by atoms with Crippen LogP contribution in [0.25, 0.3) is 11.1 Å². The zero-order chi connectivity index (χ0) is 21.3. The van der Waals surface area contributed by atoms with Crippen molar-refractivity contribution in [1.82, 2.24) is 20.1 Å². The van der Waals surface area contributed by atoms with Gasteiger partial charge in [-0.25, -0.2) is 4.39 Å². The summed E-state index contributed by atoms with van der Waals surface area (Å²) in [6, 6.07) is 5.05. The monoisotopic (exact) mass is 448 g/mol. The van der Waals surface area contributed by atoms with Gasteiger partial charge >= 0.3 is 0 Å². The molecule has 2 aromatic heterocycles. The summed E-state index contributed by atoms with van der Waals surface area (Å²) in [4.78, 5) is 4.47. The van der Waals surface area contributed by atoms with Gasteiger partial charge in [0.15, 0.2) is 0 Å². The van der Waals surface area contributed by atoms with Gasteiger partial charge in [0, 0.05) is 34.1 Å². The van der Waals surface area contributed by atoms with Crippen molar-refractivity contribution >= 4 is 23.2 Å². The predicted molar refractivity (Wildman–Crippen MR) is 117 cm³/mol. The number of ether oxygens (including phenoxy) is 1. The molecule has 5 nitrogen and oxygen atoms in total. The lowest BCUT2D eigenvalue weighted by molar-refractivity contribution is 0.224. The Hall–Kier alpha value is -2.15. The van der Waals surface area contributed by atoms with Crippen molar-refractivity contribution in [2.45, 2.75) is 38.8 Å². The lowest BCUT2D eigenvalue weighted by Gasteiger charge is -2.22. The van der Waals surface area contributed by atoms with Crippen molar-refractivity contribution in [2.75, 3.05) is 13.1 Å². The molecular weight excluding hydrogens is 426 g/mol. The molecule has 0 radical (unpaired) electrons. The number of rotatable bonds is 5. The Morgan fingerprint density at radius 1 is 1.20 bits per heavy atom. The third-order valence-electron chi connectivity index (χ3n) is 5.45. The molecule has 1 atom stereocenters. The van der Waals surface area contributed by atoms with Gasteiger partial charge in [0.2, 0.25) is 0 Å². The van der Waals surface area contributed by atoms with Crippen LogP contribution in [0.3, 0.4) is 0 Å². The summed E-state index contributed by atoms with van der Waals surface area (Å²) in [7, 11) is 0. The van der Waals surface area contributed by atoms with Crippen LogP contribution in [0.2, 0.25) is 10.0 Å². The fourth-order valence-corrected chi connectivity index (χ4v) is 4.39. The first-order valence-electron chi connectivity index (χ1n) is 9.96. The summed E-state index contributed by atoms with van der Waals surface area (Å²) >= 11 is 12.4. The van der Waals surface area contributed by atoms with Crippen molar-refractivity contribution in [3.63, 3.8) is 0 Å². The fraction of sp³-hybridized carbons (Fsp3) is 0.364. The van der Waals surface area contributed by atoms with E-state index in [-0.39, 0.29) is 5.02 Å². The van der Waals surface area contributed by atoms with Gasteiger partial charge in [0.05, 0.1) is 23.0 Å². The van der Waals surface area contributed by atoms with Gasteiger partial charge in [-0.2, -0.15) is 5.10 Å². The van der Waals surface area contributed by atoms with Crippen LogP contribution in [-0.2, 0) is 0 Å². The van der Waals surface area contributed by atoms with Crippen molar-refractivity contribution in [1.29, 1.82) is 0 Å². The second-order valence-electron chi connectivity index (χ2n) is 7.51. The Kier molecular flexibility index (Phi) is 6.27. The summed E-state index contributed by atoms with van der Waals surface area (Å²) in [5.41, 5.74) is 3.02. The molecule has 0 bridgehead atoms. The lowest BCUT2D eigenvalue weighted by atomic mass is 10.1. The molecule has 8 heteroatoms. The van der Waals surface area contributed by atoms with Gasteiger partial charge < -0.3 is 10.1 Å². The molecule has 0 saturated carbocycles. The molecule has 1 aromatic carbocycles. The first-order chi connectivity index (χ1) is 14.4. The van der Waals surface area contributed by atoms with E-state index in [0.29, 0.717) is 22.4 Å². The highest BCUT2D eigenvalue weighted by Crippen LogP contribution is 2.36. The molecule has 158 valence electrons. The van der Waals surface area contributed by atoms with E-state index in [0.717, 1.165) is 42.8 Å². The van der Waals surface area contributed by atoms with E-state index in [1.54, 1.807) is 13.1 Å². The fourth-order valence-electron chi connectivity index (χ4n) is 3.71. The summed E-state index contributed by atoms with van der Waals surface area (Å²) in [6.45, 7) is 5.66. The van der Waals surface area contributed by atoms with Crippen LogP contribution in [0, 0.1) is 12.7 Å². The normalized spacial score (nSPS) is 15.9.